The predicted octanol–water partition coefficient (Wildman–Crippen LogP) is 6.48. The highest BCUT2D eigenvalue weighted by Crippen LogP contribution is 2.34. The van der Waals surface area contributed by atoms with Gasteiger partial charge in [0.25, 0.3) is 0 Å². The zero-order valence-corrected chi connectivity index (χ0v) is 14.6. The third-order valence-corrected chi connectivity index (χ3v) is 4.94. The molecular formula is C22H18F3N. The molecule has 0 spiro atoms. The van der Waals surface area contributed by atoms with E-state index in [4.69, 9.17) is 0 Å². The lowest BCUT2D eigenvalue weighted by Crippen LogP contribution is -2.05. The van der Waals surface area contributed by atoms with Crippen LogP contribution in [0.15, 0.2) is 60.7 Å². The van der Waals surface area contributed by atoms with Gasteiger partial charge in [-0.15, -0.1) is 0 Å². The van der Waals surface area contributed by atoms with Crippen LogP contribution in [0.3, 0.4) is 0 Å². The van der Waals surface area contributed by atoms with E-state index >= 15 is 0 Å². The third kappa shape index (κ3) is 2.66. The van der Waals surface area contributed by atoms with Crippen molar-refractivity contribution in [3.8, 4) is 0 Å². The van der Waals surface area contributed by atoms with Crippen LogP contribution in [0.4, 0.5) is 13.2 Å². The van der Waals surface area contributed by atoms with Gasteiger partial charge in [-0.2, -0.15) is 13.2 Å². The first-order valence-corrected chi connectivity index (χ1v) is 8.49. The minimum absolute atomic E-state index is 0.534. The van der Waals surface area contributed by atoms with Gasteiger partial charge in [-0.05, 0) is 48.7 Å². The van der Waals surface area contributed by atoms with E-state index in [9.17, 15) is 13.2 Å². The number of hydrogen-bond acceptors (Lipinski definition) is 0. The lowest BCUT2D eigenvalue weighted by molar-refractivity contribution is -0.137. The van der Waals surface area contributed by atoms with Gasteiger partial charge >= 0.3 is 6.18 Å². The topological polar surface area (TPSA) is 4.93 Å². The van der Waals surface area contributed by atoms with E-state index in [0.29, 0.717) is 6.54 Å². The Morgan fingerprint density at radius 1 is 0.808 bits per heavy atom. The zero-order valence-electron chi connectivity index (χ0n) is 14.6. The highest BCUT2D eigenvalue weighted by Gasteiger charge is 2.30. The van der Waals surface area contributed by atoms with Crippen molar-refractivity contribution >= 4 is 21.8 Å². The van der Waals surface area contributed by atoms with Gasteiger partial charge in [0.05, 0.1) is 11.1 Å². The van der Waals surface area contributed by atoms with Crippen molar-refractivity contribution in [2.24, 2.45) is 0 Å². The van der Waals surface area contributed by atoms with Crippen molar-refractivity contribution < 1.29 is 13.2 Å². The molecule has 3 aromatic carbocycles. The molecule has 0 amide bonds. The fourth-order valence-corrected chi connectivity index (χ4v) is 3.67. The highest BCUT2D eigenvalue weighted by molar-refractivity contribution is 6.10. The van der Waals surface area contributed by atoms with Crippen molar-refractivity contribution in [3.05, 3.63) is 82.9 Å². The van der Waals surface area contributed by atoms with Crippen molar-refractivity contribution in [1.29, 1.82) is 0 Å². The van der Waals surface area contributed by atoms with Crippen molar-refractivity contribution in [3.63, 3.8) is 0 Å². The number of fused-ring (bicyclic) bond motifs is 3. The van der Waals surface area contributed by atoms with Crippen LogP contribution in [0.5, 0.6) is 0 Å². The van der Waals surface area contributed by atoms with E-state index in [1.54, 1.807) is 12.1 Å². The Morgan fingerprint density at radius 3 is 2.15 bits per heavy atom. The van der Waals surface area contributed by atoms with Gasteiger partial charge in [-0.1, -0.05) is 42.5 Å². The number of nitrogens with zero attached hydrogens (tertiary/aromatic N) is 1. The first kappa shape index (κ1) is 16.7. The standard InChI is InChI=1S/C22H18F3N/c1-14-7-8-15(2)21-20(14)18-5-3-4-6-19(18)26(21)13-16-9-11-17(12-10-16)22(23,24)25/h3-12H,13H2,1-2H3. The molecule has 26 heavy (non-hydrogen) atoms. The van der Waals surface area contributed by atoms with Crippen LogP contribution >= 0.6 is 0 Å². The second-order valence-corrected chi connectivity index (χ2v) is 6.72. The maximum atomic E-state index is 12.8. The van der Waals surface area contributed by atoms with Crippen LogP contribution in [0.1, 0.15) is 22.3 Å². The summed E-state index contributed by atoms with van der Waals surface area (Å²) < 4.78 is 40.6. The van der Waals surface area contributed by atoms with Crippen LogP contribution in [0.25, 0.3) is 21.8 Å². The molecule has 0 bridgehead atoms. The van der Waals surface area contributed by atoms with Gasteiger partial charge in [-0.25, -0.2) is 0 Å². The number of halogens is 3. The number of rotatable bonds is 2. The number of hydrogen-bond donors (Lipinski definition) is 0. The van der Waals surface area contributed by atoms with Crippen molar-refractivity contribution in [1.82, 2.24) is 4.57 Å². The number of benzene rings is 3. The summed E-state index contributed by atoms with van der Waals surface area (Å²) in [6, 6.07) is 17.8. The summed E-state index contributed by atoms with van der Waals surface area (Å²) in [5.74, 6) is 0. The second-order valence-electron chi connectivity index (χ2n) is 6.72. The van der Waals surface area contributed by atoms with Gasteiger partial charge in [-0.3, -0.25) is 0 Å². The van der Waals surface area contributed by atoms with E-state index in [-0.39, 0.29) is 0 Å². The number of para-hydroxylation sites is 1. The molecule has 132 valence electrons. The van der Waals surface area contributed by atoms with Crippen molar-refractivity contribution in [2.45, 2.75) is 26.6 Å². The van der Waals surface area contributed by atoms with Crippen LogP contribution in [0.2, 0.25) is 0 Å². The maximum absolute atomic E-state index is 12.8. The minimum Gasteiger partial charge on any atom is -0.336 e. The van der Waals surface area contributed by atoms with Gasteiger partial charge in [0.2, 0.25) is 0 Å². The molecule has 0 unspecified atom stereocenters. The van der Waals surface area contributed by atoms with Gasteiger partial charge in [0.15, 0.2) is 0 Å². The smallest absolute Gasteiger partial charge is 0.336 e. The van der Waals surface area contributed by atoms with E-state index in [2.05, 4.69) is 42.7 Å². The molecule has 0 saturated heterocycles. The number of aryl methyl sites for hydroxylation is 2. The maximum Gasteiger partial charge on any atom is 0.416 e. The summed E-state index contributed by atoms with van der Waals surface area (Å²) in [6.45, 7) is 4.70. The average Bonchev–Trinajstić information content (AvgIpc) is 2.94. The minimum atomic E-state index is -4.31. The fraction of sp³-hybridized carbons (Fsp3) is 0.182. The summed E-state index contributed by atoms with van der Waals surface area (Å²) in [7, 11) is 0. The Morgan fingerprint density at radius 2 is 1.46 bits per heavy atom. The lowest BCUT2D eigenvalue weighted by atomic mass is 10.0. The largest absolute Gasteiger partial charge is 0.416 e. The fourth-order valence-electron chi connectivity index (χ4n) is 3.67. The second kappa shape index (κ2) is 5.90. The zero-order chi connectivity index (χ0) is 18.5. The Bertz CT molecular complexity index is 1100. The summed E-state index contributed by atoms with van der Waals surface area (Å²) in [4.78, 5) is 0. The Hall–Kier alpha value is -2.75. The van der Waals surface area contributed by atoms with E-state index in [1.807, 2.05) is 12.1 Å². The van der Waals surface area contributed by atoms with Gasteiger partial charge in [0.1, 0.15) is 0 Å². The molecular weight excluding hydrogens is 335 g/mol. The quantitative estimate of drug-likeness (QED) is 0.389. The average molecular weight is 353 g/mol. The molecule has 4 heteroatoms. The molecule has 0 radical (unpaired) electrons. The molecule has 4 rings (SSSR count). The Labute approximate surface area is 149 Å². The molecule has 1 aromatic heterocycles. The van der Waals surface area contributed by atoms with Gasteiger partial charge in [0, 0.05) is 22.8 Å². The normalized spacial score (nSPS) is 12.2. The molecule has 0 aliphatic rings. The molecule has 1 heterocycles. The third-order valence-electron chi connectivity index (χ3n) is 4.94. The summed E-state index contributed by atoms with van der Waals surface area (Å²) >= 11 is 0. The summed E-state index contributed by atoms with van der Waals surface area (Å²) in [6.07, 6.45) is -4.31. The summed E-state index contributed by atoms with van der Waals surface area (Å²) in [5, 5.41) is 2.39. The first-order chi connectivity index (χ1) is 12.4. The number of aromatic nitrogens is 1. The summed E-state index contributed by atoms with van der Waals surface area (Å²) in [5.41, 5.74) is 4.84. The molecule has 0 atom stereocenters. The highest BCUT2D eigenvalue weighted by atomic mass is 19.4. The van der Waals surface area contributed by atoms with E-state index in [1.165, 1.54) is 16.3 Å². The first-order valence-electron chi connectivity index (χ1n) is 8.49. The van der Waals surface area contributed by atoms with E-state index in [0.717, 1.165) is 34.3 Å². The molecule has 0 aliphatic carbocycles. The SMILES string of the molecule is Cc1ccc(C)c2c1c1ccccc1n2Cc1ccc(C(F)(F)F)cc1. The Kier molecular flexibility index (Phi) is 3.79. The Balaban J connectivity index is 1.89. The lowest BCUT2D eigenvalue weighted by Gasteiger charge is -2.11. The predicted molar refractivity (Wildman–Crippen MR) is 99.5 cm³/mol. The molecule has 0 saturated carbocycles. The van der Waals surface area contributed by atoms with E-state index < -0.39 is 11.7 Å². The van der Waals surface area contributed by atoms with Gasteiger partial charge < -0.3 is 4.57 Å². The van der Waals surface area contributed by atoms with Crippen LogP contribution in [-0.4, -0.2) is 4.57 Å². The van der Waals surface area contributed by atoms with Crippen LogP contribution < -0.4 is 0 Å². The van der Waals surface area contributed by atoms with Crippen LogP contribution in [-0.2, 0) is 12.7 Å². The molecule has 0 fully saturated rings. The molecule has 1 nitrogen and oxygen atoms in total. The molecule has 0 aliphatic heterocycles. The number of alkyl halides is 3. The molecule has 0 N–H and O–H groups in total. The monoisotopic (exact) mass is 353 g/mol. The van der Waals surface area contributed by atoms with Crippen LogP contribution in [0, 0.1) is 13.8 Å². The van der Waals surface area contributed by atoms with Crippen molar-refractivity contribution in [2.75, 3.05) is 0 Å². The molecule has 4 aromatic rings.